The summed E-state index contributed by atoms with van der Waals surface area (Å²) in [6.45, 7) is -1.68. The van der Waals surface area contributed by atoms with Gasteiger partial charge in [-0.15, -0.1) is 0 Å². The fraction of sp³-hybridized carbons (Fsp3) is 0.720. The summed E-state index contributed by atoms with van der Waals surface area (Å²) in [5, 5.41) is 78.2. The molecule has 0 saturated carbocycles. The van der Waals surface area contributed by atoms with Crippen LogP contribution >= 0.6 is 7.82 Å². The summed E-state index contributed by atoms with van der Waals surface area (Å²) >= 11 is 0. The third kappa shape index (κ3) is 13.6. The number of anilines is 1. The van der Waals surface area contributed by atoms with Gasteiger partial charge in [-0.25, -0.2) is 9.59 Å². The number of carboxylic acids is 1. The fourth-order valence-corrected chi connectivity index (χ4v) is 5.77. The molecule has 10 N–H and O–H groups in total. The molecule has 0 aliphatic carbocycles. The minimum absolute atomic E-state index is 0. The van der Waals surface area contributed by atoms with Gasteiger partial charge in [0.1, 0.15) is 55.5 Å². The van der Waals surface area contributed by atoms with Gasteiger partial charge >= 0.3 is 70.9 Å². The van der Waals surface area contributed by atoms with Crippen molar-refractivity contribution in [1.29, 1.82) is 0 Å². The van der Waals surface area contributed by atoms with E-state index >= 15 is 0 Å². The van der Waals surface area contributed by atoms with Crippen molar-refractivity contribution >= 4 is 31.6 Å². The van der Waals surface area contributed by atoms with E-state index in [1.54, 1.807) is 0 Å². The molecule has 28 heteroatoms. The molecule has 2 amide bonds. The molecule has 1 aromatic rings. The van der Waals surface area contributed by atoms with E-state index in [2.05, 4.69) is 24.7 Å². The van der Waals surface area contributed by atoms with Gasteiger partial charge in [-0.3, -0.25) is 23.0 Å². The van der Waals surface area contributed by atoms with Crippen molar-refractivity contribution in [3.8, 4) is 0 Å². The van der Waals surface area contributed by atoms with Crippen LogP contribution in [0.2, 0.25) is 0 Å². The molecule has 9 unspecified atom stereocenters. The first-order chi connectivity index (χ1) is 23.9. The number of carbonyl (C=O) groups excluding carboxylic acids is 3. The topological polar surface area (TPSA) is 385 Å². The number of ether oxygens (including phenoxy) is 5. The van der Waals surface area contributed by atoms with E-state index < -0.39 is 112 Å². The van der Waals surface area contributed by atoms with Gasteiger partial charge in [-0.2, -0.15) is 4.98 Å². The van der Waals surface area contributed by atoms with Crippen LogP contribution in [0.1, 0.15) is 12.6 Å². The average Bonchev–Trinajstić information content (AvgIpc) is 3.33. The maximum absolute atomic E-state index is 13.0. The Morgan fingerprint density at radius 2 is 1.83 bits per heavy atom. The third-order valence-corrected chi connectivity index (χ3v) is 8.21. The van der Waals surface area contributed by atoms with Crippen LogP contribution < -0.4 is 91.2 Å². The van der Waals surface area contributed by atoms with Crippen LogP contribution in [-0.2, 0) is 46.9 Å². The van der Waals surface area contributed by atoms with Gasteiger partial charge in [-0.05, 0) is 6.07 Å². The monoisotopic (exact) mass is 805 g/mol. The second-order valence-corrected chi connectivity index (χ2v) is 12.2. The molecule has 53 heavy (non-hydrogen) atoms. The van der Waals surface area contributed by atoms with Gasteiger partial charge < -0.3 is 85.5 Å². The van der Waals surface area contributed by atoms with Crippen LogP contribution in [0.15, 0.2) is 17.1 Å². The molecule has 0 spiro atoms. The van der Waals surface area contributed by atoms with Crippen LogP contribution in [0.5, 0.6) is 0 Å². The van der Waals surface area contributed by atoms with Crippen molar-refractivity contribution < 1.29 is 151 Å². The van der Waals surface area contributed by atoms with Crippen molar-refractivity contribution in [3.63, 3.8) is 0 Å². The van der Waals surface area contributed by atoms with Crippen LogP contribution in [0.3, 0.4) is 0 Å². The smallest absolute Gasteiger partial charge is 0.756 e. The van der Waals surface area contributed by atoms with E-state index in [0.29, 0.717) is 11.2 Å². The number of phosphoric ester groups is 1. The van der Waals surface area contributed by atoms with E-state index in [1.165, 1.54) is 7.11 Å². The number of amides is 2. The van der Waals surface area contributed by atoms with Crippen molar-refractivity contribution in [1.82, 2.24) is 20.2 Å². The second-order valence-electron chi connectivity index (χ2n) is 10.9. The number of alkyl carbamates (subject to hydrolysis) is 1. The van der Waals surface area contributed by atoms with Crippen LogP contribution in [-0.4, -0.2) is 160 Å². The number of hydrogen-bond acceptors (Lipinski definition) is 22. The summed E-state index contributed by atoms with van der Waals surface area (Å²) in [5.41, 5.74) is 4.32. The Morgan fingerprint density at radius 1 is 1.17 bits per heavy atom. The van der Waals surface area contributed by atoms with E-state index in [0.717, 1.165) is 12.3 Å². The maximum atomic E-state index is 13.0. The largest absolute Gasteiger partial charge is 1.00 e. The molecule has 2 saturated heterocycles. The molecular weight excluding hydrogens is 767 g/mol. The summed E-state index contributed by atoms with van der Waals surface area (Å²) in [7, 11) is -4.66. The van der Waals surface area contributed by atoms with Crippen molar-refractivity contribution in [2.75, 3.05) is 52.4 Å². The summed E-state index contributed by atoms with van der Waals surface area (Å²) in [6.07, 6.45) is -18.8. The van der Waals surface area contributed by atoms with Crippen LogP contribution in [0, 0.1) is 0 Å². The number of phosphoric acid groups is 1. The van der Waals surface area contributed by atoms with E-state index in [4.69, 9.17) is 29.4 Å². The first-order valence-corrected chi connectivity index (χ1v) is 16.3. The van der Waals surface area contributed by atoms with Gasteiger partial charge in [0.15, 0.2) is 12.5 Å². The van der Waals surface area contributed by atoms with E-state index in [-0.39, 0.29) is 84.8 Å². The third-order valence-electron chi connectivity index (χ3n) is 7.23. The van der Waals surface area contributed by atoms with Gasteiger partial charge in [0.2, 0.25) is 11.7 Å². The molecule has 3 heterocycles. The predicted octanol–water partition coefficient (Wildman–Crippen LogP) is -13.9. The molecule has 290 valence electrons. The number of aliphatic hydroxyl groups is 6. The van der Waals surface area contributed by atoms with Crippen molar-refractivity contribution in [3.05, 3.63) is 22.7 Å². The summed E-state index contributed by atoms with van der Waals surface area (Å²) in [6, 6.07) is -0.760. The molecule has 0 bridgehead atoms. The number of aliphatic hydroxyl groups excluding tert-OH is 6. The first-order valence-electron chi connectivity index (χ1n) is 14.8. The zero-order valence-electron chi connectivity index (χ0n) is 28.6. The Bertz CT molecular complexity index is 1470. The second kappa shape index (κ2) is 22.4. The number of carbonyl (C=O) groups is 3. The Kier molecular flexibility index (Phi) is 20.9. The minimum Gasteiger partial charge on any atom is -0.756 e. The molecule has 2 aliphatic heterocycles. The van der Waals surface area contributed by atoms with Gasteiger partial charge in [-0.1, -0.05) is 0 Å². The number of rotatable bonds is 18. The number of nitrogens with zero attached hydrogens (tertiary/aromatic N) is 2. The zero-order valence-corrected chi connectivity index (χ0v) is 33.5. The summed E-state index contributed by atoms with van der Waals surface area (Å²) < 4.78 is 47.9. The Hall–Kier alpha value is -1.40. The van der Waals surface area contributed by atoms with Gasteiger partial charge in [0.25, 0.3) is 7.82 Å². The number of aromatic nitrogens is 2. The van der Waals surface area contributed by atoms with E-state index in [1.807, 2.05) is 0 Å². The summed E-state index contributed by atoms with van der Waals surface area (Å²) in [5.74, 6) is -7.39. The number of nitrogens with one attached hydrogen (secondary N) is 2. The molecule has 25 nitrogen and oxygen atoms in total. The van der Waals surface area contributed by atoms with E-state index in [9.17, 15) is 64.4 Å². The predicted molar refractivity (Wildman–Crippen MR) is 155 cm³/mol. The average molecular weight is 806 g/mol. The first kappa shape index (κ1) is 49.6. The molecular formula is C25H38N5Na2O20P. The molecule has 2 fully saturated rings. The van der Waals surface area contributed by atoms with Crippen molar-refractivity contribution in [2.45, 2.75) is 67.4 Å². The van der Waals surface area contributed by atoms with Gasteiger partial charge in [0.05, 0.1) is 38.6 Å². The zero-order chi connectivity index (χ0) is 38.1. The molecule has 3 rings (SSSR count). The number of nitrogen functional groups attached to an aromatic ring is 1. The number of nitrogens with two attached hydrogens (primary N) is 1. The van der Waals surface area contributed by atoms with Gasteiger partial charge in [0, 0.05) is 19.7 Å². The maximum Gasteiger partial charge on any atom is 1.00 e. The Labute approximate surface area is 343 Å². The Balaban J connectivity index is 0.00000702. The molecule has 2 aliphatic rings. The number of aliphatic carboxylic acids is 1. The SMILES string of the molecule is COCCOCCOC(=O)NCC(=O)NC1C(O)CC(OP(=O)([O-])OC2OC(n3ccc(N)nc3=O)C(O)C2O)(C(=O)[O-])OC1[C@H](O)[C@H](O)CO.[Na+].[Na+]. The summed E-state index contributed by atoms with van der Waals surface area (Å²) in [4.78, 5) is 65.3. The number of hydrogen-bond donors (Lipinski definition) is 9. The number of methoxy groups -OCH3 is 1. The molecule has 11 atom stereocenters. The molecule has 0 aromatic carbocycles. The quantitative estimate of drug-likeness (QED) is 0.0378. The molecule has 1 aromatic heterocycles. The molecule has 0 radical (unpaired) electrons. The van der Waals surface area contributed by atoms with Crippen molar-refractivity contribution in [2.24, 2.45) is 0 Å². The minimum atomic E-state index is -6.12. The standard InChI is InChI=1S/C25H40N5O20P.2Na/c1-44-4-5-45-6-7-46-24(41)27-9-14(34)29-15-11(32)8-25(22(38)39,48-19(15)16(35)12(33)10-31)50-51(42,43)49-21-18(37)17(36)20(47-21)30-3-2-13(26)28-23(30)40;;/h2-3,11-12,15-21,31-33,35-37H,4-10H2,1H3,(H,27,41)(H,29,34)(H,38,39)(H,42,43)(H2,26,28,40);;/q;2*+1/p-2/t11?,12-,15?,16-,17?,18?,19?,20?,21?,25?;;/m1../s1. The fourth-order valence-electron chi connectivity index (χ4n) is 4.75. The van der Waals surface area contributed by atoms with Crippen LogP contribution in [0.25, 0.3) is 0 Å². The normalized spacial score (nSPS) is 29.0. The number of carboxylic acid groups (broad SMARTS) is 1. The Morgan fingerprint density at radius 3 is 2.43 bits per heavy atom. The van der Waals surface area contributed by atoms with Crippen LogP contribution in [0.4, 0.5) is 10.6 Å².